The lowest BCUT2D eigenvalue weighted by Crippen LogP contribution is -2.37. The van der Waals surface area contributed by atoms with Crippen molar-refractivity contribution in [1.82, 2.24) is 5.32 Å². The molecule has 3 unspecified atom stereocenters. The molecule has 1 aliphatic carbocycles. The van der Waals surface area contributed by atoms with Crippen LogP contribution in [0.3, 0.4) is 0 Å². The van der Waals surface area contributed by atoms with Gasteiger partial charge in [-0.1, -0.05) is 19.3 Å². The summed E-state index contributed by atoms with van der Waals surface area (Å²) in [4.78, 5) is 11.6. The van der Waals surface area contributed by atoms with Gasteiger partial charge < -0.3 is 5.32 Å². The van der Waals surface area contributed by atoms with Gasteiger partial charge in [-0.25, -0.2) is 0 Å². The van der Waals surface area contributed by atoms with Crippen molar-refractivity contribution in [2.24, 2.45) is 11.8 Å². The molecule has 0 heterocycles. The van der Waals surface area contributed by atoms with E-state index in [9.17, 15) is 4.79 Å². The highest BCUT2D eigenvalue weighted by atomic mass is 16.1. The van der Waals surface area contributed by atoms with E-state index in [0.717, 1.165) is 6.42 Å². The molecule has 0 aromatic carbocycles. The Morgan fingerprint density at radius 1 is 1.62 bits per heavy atom. The summed E-state index contributed by atoms with van der Waals surface area (Å²) in [6.07, 6.45) is 8.55. The number of rotatable bonds is 2. The SMILES string of the molecule is C#CC(C)NC(=O)C1CCCC1C. The van der Waals surface area contributed by atoms with Gasteiger partial charge in [0.05, 0.1) is 6.04 Å². The van der Waals surface area contributed by atoms with Crippen LogP contribution in [0.4, 0.5) is 0 Å². The zero-order valence-electron chi connectivity index (χ0n) is 8.34. The molecule has 0 aromatic heterocycles. The van der Waals surface area contributed by atoms with E-state index < -0.39 is 0 Å². The van der Waals surface area contributed by atoms with E-state index in [0.29, 0.717) is 5.92 Å². The summed E-state index contributed by atoms with van der Waals surface area (Å²) in [7, 11) is 0. The molecule has 0 bridgehead atoms. The minimum Gasteiger partial charge on any atom is -0.343 e. The van der Waals surface area contributed by atoms with Crippen molar-refractivity contribution in [1.29, 1.82) is 0 Å². The molecule has 13 heavy (non-hydrogen) atoms. The molecular weight excluding hydrogens is 162 g/mol. The monoisotopic (exact) mass is 179 g/mol. The smallest absolute Gasteiger partial charge is 0.224 e. The fourth-order valence-electron chi connectivity index (χ4n) is 1.90. The lowest BCUT2D eigenvalue weighted by Gasteiger charge is -2.16. The standard InChI is InChI=1S/C11H17NO/c1-4-9(3)12-11(13)10-7-5-6-8(10)2/h1,8-10H,5-7H2,2-3H3,(H,12,13). The van der Waals surface area contributed by atoms with Crippen molar-refractivity contribution in [3.63, 3.8) is 0 Å². The third-order valence-corrected chi connectivity index (χ3v) is 2.81. The summed E-state index contributed by atoms with van der Waals surface area (Å²) >= 11 is 0. The predicted molar refractivity (Wildman–Crippen MR) is 52.9 cm³/mol. The van der Waals surface area contributed by atoms with Crippen LogP contribution in [0.15, 0.2) is 0 Å². The Morgan fingerprint density at radius 3 is 2.77 bits per heavy atom. The van der Waals surface area contributed by atoms with Crippen LogP contribution < -0.4 is 5.32 Å². The highest BCUT2D eigenvalue weighted by Gasteiger charge is 2.29. The van der Waals surface area contributed by atoms with Gasteiger partial charge in [0.25, 0.3) is 0 Å². The van der Waals surface area contributed by atoms with Crippen molar-refractivity contribution in [3.8, 4) is 12.3 Å². The molecule has 0 saturated heterocycles. The molecule has 1 amide bonds. The minimum atomic E-state index is -0.139. The second-order valence-corrected chi connectivity index (χ2v) is 3.91. The summed E-state index contributed by atoms with van der Waals surface area (Å²) in [6, 6.07) is -0.139. The first kappa shape index (κ1) is 10.1. The number of nitrogens with one attached hydrogen (secondary N) is 1. The molecule has 1 fully saturated rings. The largest absolute Gasteiger partial charge is 0.343 e. The van der Waals surface area contributed by atoms with Gasteiger partial charge in [-0.2, -0.15) is 0 Å². The number of hydrogen-bond acceptors (Lipinski definition) is 1. The molecule has 0 spiro atoms. The van der Waals surface area contributed by atoms with Crippen molar-refractivity contribution in [3.05, 3.63) is 0 Å². The van der Waals surface area contributed by atoms with E-state index in [2.05, 4.69) is 18.2 Å². The highest BCUT2D eigenvalue weighted by molar-refractivity contribution is 5.79. The van der Waals surface area contributed by atoms with E-state index in [4.69, 9.17) is 6.42 Å². The van der Waals surface area contributed by atoms with E-state index in [-0.39, 0.29) is 17.9 Å². The van der Waals surface area contributed by atoms with Crippen molar-refractivity contribution in [2.75, 3.05) is 0 Å². The minimum absolute atomic E-state index is 0.135. The van der Waals surface area contributed by atoms with Crippen LogP contribution in [0.1, 0.15) is 33.1 Å². The summed E-state index contributed by atoms with van der Waals surface area (Å²) < 4.78 is 0. The molecule has 2 heteroatoms. The number of amides is 1. The fraction of sp³-hybridized carbons (Fsp3) is 0.727. The molecule has 3 atom stereocenters. The zero-order valence-corrected chi connectivity index (χ0v) is 8.34. The zero-order chi connectivity index (χ0) is 9.84. The molecule has 0 aliphatic heterocycles. The Balaban J connectivity index is 2.44. The third kappa shape index (κ3) is 2.48. The van der Waals surface area contributed by atoms with E-state index >= 15 is 0 Å². The first-order chi connectivity index (χ1) is 6.15. The van der Waals surface area contributed by atoms with Gasteiger partial charge in [0.2, 0.25) is 5.91 Å². The van der Waals surface area contributed by atoms with Crippen molar-refractivity contribution < 1.29 is 4.79 Å². The number of terminal acetylenes is 1. The van der Waals surface area contributed by atoms with Gasteiger partial charge in [0.15, 0.2) is 0 Å². The maximum Gasteiger partial charge on any atom is 0.224 e. The van der Waals surface area contributed by atoms with Crippen molar-refractivity contribution >= 4 is 5.91 Å². The van der Waals surface area contributed by atoms with Gasteiger partial charge in [0.1, 0.15) is 0 Å². The Hall–Kier alpha value is -0.970. The molecule has 1 N–H and O–H groups in total. The van der Waals surface area contributed by atoms with Gasteiger partial charge in [-0.3, -0.25) is 4.79 Å². The van der Waals surface area contributed by atoms with Gasteiger partial charge in [-0.15, -0.1) is 6.42 Å². The van der Waals surface area contributed by atoms with Gasteiger partial charge >= 0.3 is 0 Å². The van der Waals surface area contributed by atoms with Crippen LogP contribution in [0.2, 0.25) is 0 Å². The average Bonchev–Trinajstić information content (AvgIpc) is 2.51. The van der Waals surface area contributed by atoms with Crippen LogP contribution in [-0.2, 0) is 4.79 Å². The second-order valence-electron chi connectivity index (χ2n) is 3.91. The predicted octanol–water partition coefficient (Wildman–Crippen LogP) is 1.56. The second kappa shape index (κ2) is 4.32. The van der Waals surface area contributed by atoms with E-state index in [1.54, 1.807) is 0 Å². The Bertz CT molecular complexity index is 229. The fourth-order valence-corrected chi connectivity index (χ4v) is 1.90. The highest BCUT2D eigenvalue weighted by Crippen LogP contribution is 2.31. The summed E-state index contributed by atoms with van der Waals surface area (Å²) in [5.41, 5.74) is 0. The molecule has 1 aliphatic rings. The summed E-state index contributed by atoms with van der Waals surface area (Å²) in [5, 5.41) is 2.83. The Kier molecular flexibility index (Phi) is 3.36. The quantitative estimate of drug-likeness (QED) is 0.640. The van der Waals surface area contributed by atoms with E-state index in [1.807, 2.05) is 6.92 Å². The molecule has 0 radical (unpaired) electrons. The van der Waals surface area contributed by atoms with Crippen LogP contribution in [0, 0.1) is 24.2 Å². The molecule has 72 valence electrons. The molecule has 1 rings (SSSR count). The molecular formula is C11H17NO. The van der Waals surface area contributed by atoms with Gasteiger partial charge in [-0.05, 0) is 25.7 Å². The lowest BCUT2D eigenvalue weighted by molar-refractivity contribution is -0.126. The average molecular weight is 179 g/mol. The van der Waals surface area contributed by atoms with Crippen LogP contribution in [-0.4, -0.2) is 11.9 Å². The van der Waals surface area contributed by atoms with E-state index in [1.165, 1.54) is 12.8 Å². The maximum absolute atomic E-state index is 11.6. The van der Waals surface area contributed by atoms with Gasteiger partial charge in [0, 0.05) is 5.92 Å². The number of hydrogen-bond donors (Lipinski definition) is 1. The van der Waals surface area contributed by atoms with Crippen LogP contribution >= 0.6 is 0 Å². The number of carbonyl (C=O) groups is 1. The molecule has 1 saturated carbocycles. The third-order valence-electron chi connectivity index (χ3n) is 2.81. The Labute approximate surface area is 80.1 Å². The lowest BCUT2D eigenvalue weighted by atomic mass is 9.97. The molecule has 2 nitrogen and oxygen atoms in total. The summed E-state index contributed by atoms with van der Waals surface area (Å²) in [5.74, 6) is 3.35. The van der Waals surface area contributed by atoms with Crippen molar-refractivity contribution in [2.45, 2.75) is 39.2 Å². The first-order valence-electron chi connectivity index (χ1n) is 4.91. The normalized spacial score (nSPS) is 29.3. The Morgan fingerprint density at radius 2 is 2.31 bits per heavy atom. The van der Waals surface area contributed by atoms with Crippen LogP contribution in [0.5, 0.6) is 0 Å². The number of carbonyl (C=O) groups excluding carboxylic acids is 1. The maximum atomic E-state index is 11.6. The first-order valence-corrected chi connectivity index (χ1v) is 4.91. The topological polar surface area (TPSA) is 29.1 Å². The summed E-state index contributed by atoms with van der Waals surface area (Å²) in [6.45, 7) is 3.97. The van der Waals surface area contributed by atoms with Crippen LogP contribution in [0.25, 0.3) is 0 Å². The molecule has 0 aromatic rings.